The lowest BCUT2D eigenvalue weighted by Crippen LogP contribution is -2.20. The number of methoxy groups -OCH3 is 2. The van der Waals surface area contributed by atoms with Gasteiger partial charge in [-0.15, -0.1) is 0 Å². The van der Waals surface area contributed by atoms with Gasteiger partial charge < -0.3 is 14.4 Å². The maximum Gasteiger partial charge on any atom is 0.258 e. The van der Waals surface area contributed by atoms with E-state index in [1.807, 2.05) is 24.3 Å². The van der Waals surface area contributed by atoms with Gasteiger partial charge in [0.25, 0.3) is 5.91 Å². The van der Waals surface area contributed by atoms with E-state index in [4.69, 9.17) is 9.47 Å². The number of benzene rings is 1. The number of likely N-dealkylation sites (N-methyl/N-ethyl adjacent to an activating group) is 1. The van der Waals surface area contributed by atoms with Crippen molar-refractivity contribution in [3.05, 3.63) is 41.7 Å². The van der Waals surface area contributed by atoms with Crippen molar-refractivity contribution in [2.75, 3.05) is 26.2 Å². The lowest BCUT2D eigenvalue weighted by Gasteiger charge is -2.09. The molecule has 1 aliphatic rings. The summed E-state index contributed by atoms with van der Waals surface area (Å²) in [5.74, 6) is 0.632. The number of ether oxygens (including phenoxy) is 2. The van der Waals surface area contributed by atoms with Crippen LogP contribution in [0.4, 0.5) is 5.69 Å². The first-order valence-electron chi connectivity index (χ1n) is 6.69. The van der Waals surface area contributed by atoms with E-state index in [0.717, 1.165) is 11.3 Å². The van der Waals surface area contributed by atoms with Crippen molar-refractivity contribution < 1.29 is 14.3 Å². The summed E-state index contributed by atoms with van der Waals surface area (Å²) in [6.07, 6.45) is 3.07. The maximum atomic E-state index is 12.5. The molecule has 0 atom stereocenters. The fourth-order valence-corrected chi connectivity index (χ4v) is 2.50. The van der Waals surface area contributed by atoms with Gasteiger partial charge >= 0.3 is 0 Å². The topological polar surface area (TPSA) is 64.6 Å². The van der Waals surface area contributed by atoms with Gasteiger partial charge in [-0.3, -0.25) is 4.79 Å². The number of rotatable bonds is 3. The largest absolute Gasteiger partial charge is 0.480 e. The Kier molecular flexibility index (Phi) is 3.50. The molecule has 0 saturated heterocycles. The summed E-state index contributed by atoms with van der Waals surface area (Å²) in [5, 5.41) is 0. The van der Waals surface area contributed by atoms with Crippen LogP contribution in [-0.4, -0.2) is 37.1 Å². The average Bonchev–Trinajstić information content (AvgIpc) is 2.80. The molecule has 0 fully saturated rings. The summed E-state index contributed by atoms with van der Waals surface area (Å²) in [6.45, 7) is 0. The molecule has 1 aliphatic heterocycles. The van der Waals surface area contributed by atoms with E-state index < -0.39 is 0 Å². The Labute approximate surface area is 128 Å². The zero-order chi connectivity index (χ0) is 15.7. The molecule has 0 bridgehead atoms. The number of nitrogens with zero attached hydrogens (tertiary/aromatic N) is 3. The van der Waals surface area contributed by atoms with Gasteiger partial charge in [0.2, 0.25) is 11.8 Å². The second-order valence-corrected chi connectivity index (χ2v) is 4.75. The normalized spacial score (nSPS) is 15.1. The molecule has 1 aromatic carbocycles. The Morgan fingerprint density at radius 1 is 1.09 bits per heavy atom. The number of hydrogen-bond acceptors (Lipinski definition) is 5. The summed E-state index contributed by atoms with van der Waals surface area (Å²) in [7, 11) is 4.78. The second kappa shape index (κ2) is 5.48. The Bertz CT molecular complexity index is 749. The van der Waals surface area contributed by atoms with Gasteiger partial charge in [0.05, 0.1) is 31.0 Å². The van der Waals surface area contributed by atoms with Gasteiger partial charge in [0.15, 0.2) is 0 Å². The highest BCUT2D eigenvalue weighted by atomic mass is 16.5. The van der Waals surface area contributed by atoms with E-state index >= 15 is 0 Å². The van der Waals surface area contributed by atoms with Crippen molar-refractivity contribution >= 4 is 23.2 Å². The second-order valence-electron chi connectivity index (χ2n) is 4.75. The van der Waals surface area contributed by atoms with Crippen LogP contribution in [0.2, 0.25) is 0 Å². The molecule has 2 aromatic rings. The van der Waals surface area contributed by atoms with E-state index in [-0.39, 0.29) is 5.91 Å². The Morgan fingerprint density at radius 2 is 1.73 bits per heavy atom. The highest BCUT2D eigenvalue weighted by Gasteiger charge is 2.30. The van der Waals surface area contributed by atoms with Crippen LogP contribution < -0.4 is 14.4 Å². The molecule has 112 valence electrons. The molecule has 0 saturated carbocycles. The predicted molar refractivity (Wildman–Crippen MR) is 82.9 cm³/mol. The zero-order valence-electron chi connectivity index (χ0n) is 12.5. The third kappa shape index (κ3) is 2.09. The molecule has 6 nitrogen and oxygen atoms in total. The molecule has 0 radical (unpaired) electrons. The van der Waals surface area contributed by atoms with Crippen LogP contribution in [0.5, 0.6) is 11.8 Å². The quantitative estimate of drug-likeness (QED) is 0.811. The molecule has 22 heavy (non-hydrogen) atoms. The number of para-hydroxylation sites is 1. The molecule has 1 aromatic heterocycles. The highest BCUT2D eigenvalue weighted by molar-refractivity contribution is 6.35. The van der Waals surface area contributed by atoms with Gasteiger partial charge in [-0.2, -0.15) is 0 Å². The van der Waals surface area contributed by atoms with E-state index in [2.05, 4.69) is 9.97 Å². The number of aromatic nitrogens is 2. The Hall–Kier alpha value is -2.89. The summed E-state index contributed by atoms with van der Waals surface area (Å²) in [4.78, 5) is 22.2. The number of anilines is 1. The predicted octanol–water partition coefficient (Wildman–Crippen LogP) is 2.01. The first kappa shape index (κ1) is 14.1. The van der Waals surface area contributed by atoms with Gasteiger partial charge in [-0.25, -0.2) is 9.97 Å². The number of amides is 1. The zero-order valence-corrected chi connectivity index (χ0v) is 12.5. The smallest absolute Gasteiger partial charge is 0.258 e. The van der Waals surface area contributed by atoms with E-state index in [0.29, 0.717) is 22.9 Å². The van der Waals surface area contributed by atoms with Crippen molar-refractivity contribution in [3.8, 4) is 11.8 Å². The van der Waals surface area contributed by atoms with Crippen LogP contribution in [0, 0.1) is 0 Å². The lowest BCUT2D eigenvalue weighted by molar-refractivity contribution is -0.112. The monoisotopic (exact) mass is 297 g/mol. The molecular weight excluding hydrogens is 282 g/mol. The third-order valence-electron chi connectivity index (χ3n) is 3.58. The average molecular weight is 297 g/mol. The van der Waals surface area contributed by atoms with Crippen LogP contribution in [0.25, 0.3) is 11.6 Å². The fraction of sp³-hybridized carbons (Fsp3) is 0.188. The van der Waals surface area contributed by atoms with Gasteiger partial charge in [-0.05, 0) is 12.1 Å². The minimum atomic E-state index is -0.0887. The van der Waals surface area contributed by atoms with E-state index in [1.54, 1.807) is 18.0 Å². The van der Waals surface area contributed by atoms with Crippen LogP contribution in [-0.2, 0) is 4.79 Å². The highest BCUT2D eigenvalue weighted by Crippen LogP contribution is 2.38. The van der Waals surface area contributed by atoms with Gasteiger partial charge in [0.1, 0.15) is 6.33 Å². The number of fused-ring (bicyclic) bond motifs is 1. The summed E-state index contributed by atoms with van der Waals surface area (Å²) >= 11 is 0. The summed E-state index contributed by atoms with van der Waals surface area (Å²) in [6, 6.07) is 7.61. The van der Waals surface area contributed by atoms with Crippen LogP contribution in [0.15, 0.2) is 30.6 Å². The minimum absolute atomic E-state index is 0.0887. The first-order valence-corrected chi connectivity index (χ1v) is 6.69. The van der Waals surface area contributed by atoms with Crippen LogP contribution in [0.3, 0.4) is 0 Å². The van der Waals surface area contributed by atoms with Crippen LogP contribution in [0.1, 0.15) is 11.1 Å². The summed E-state index contributed by atoms with van der Waals surface area (Å²) < 4.78 is 10.5. The SMILES string of the molecule is COc1ncnc(OC)c1/C=C1\C(=O)N(C)c2ccccc21. The lowest BCUT2D eigenvalue weighted by atomic mass is 10.0. The molecule has 0 aliphatic carbocycles. The van der Waals surface area contributed by atoms with Crippen molar-refractivity contribution in [2.24, 2.45) is 0 Å². The number of carbonyl (C=O) groups excluding carboxylic acids is 1. The Morgan fingerprint density at radius 3 is 2.36 bits per heavy atom. The molecule has 6 heteroatoms. The summed E-state index contributed by atoms with van der Waals surface area (Å²) in [5.41, 5.74) is 2.84. The number of carbonyl (C=O) groups is 1. The van der Waals surface area contributed by atoms with Crippen molar-refractivity contribution in [2.45, 2.75) is 0 Å². The van der Waals surface area contributed by atoms with Crippen LogP contribution >= 0.6 is 0 Å². The van der Waals surface area contributed by atoms with Gasteiger partial charge in [0, 0.05) is 12.6 Å². The molecule has 1 amide bonds. The van der Waals surface area contributed by atoms with E-state index in [1.165, 1.54) is 20.5 Å². The third-order valence-corrected chi connectivity index (χ3v) is 3.58. The molecular formula is C16H15N3O3. The molecule has 0 N–H and O–H groups in total. The molecule has 2 heterocycles. The van der Waals surface area contributed by atoms with Crippen molar-refractivity contribution in [1.82, 2.24) is 9.97 Å². The molecule has 0 spiro atoms. The van der Waals surface area contributed by atoms with E-state index in [9.17, 15) is 4.79 Å². The van der Waals surface area contributed by atoms with Crippen molar-refractivity contribution in [3.63, 3.8) is 0 Å². The number of hydrogen-bond donors (Lipinski definition) is 0. The first-order chi connectivity index (χ1) is 10.7. The van der Waals surface area contributed by atoms with Crippen molar-refractivity contribution in [1.29, 1.82) is 0 Å². The minimum Gasteiger partial charge on any atom is -0.480 e. The maximum absolute atomic E-state index is 12.5. The Balaban J connectivity index is 2.20. The molecule has 0 unspecified atom stereocenters. The van der Waals surface area contributed by atoms with Gasteiger partial charge in [-0.1, -0.05) is 18.2 Å². The molecule has 3 rings (SSSR count). The standard InChI is InChI=1S/C16H15N3O3/c1-19-13-7-5-4-6-10(13)11(16(19)20)8-12-14(21-2)17-9-18-15(12)22-3/h4-9H,1-3H3/b11-8-. The fourth-order valence-electron chi connectivity index (χ4n) is 2.50.